The van der Waals surface area contributed by atoms with Crippen molar-refractivity contribution in [3.63, 3.8) is 0 Å². The first-order valence-electron chi connectivity index (χ1n) is 1.43. The zero-order chi connectivity index (χ0) is 6.78. The Hall–Kier alpha value is -0.523. The minimum Gasteiger partial charge on any atom is -0.509 e. The third-order valence-electron chi connectivity index (χ3n) is 0.324. The van der Waals surface area contributed by atoms with Gasteiger partial charge in [0.1, 0.15) is 0 Å². The van der Waals surface area contributed by atoms with Crippen LogP contribution in [0.15, 0.2) is 0 Å². The van der Waals surface area contributed by atoms with E-state index in [1.54, 1.807) is 0 Å². The summed E-state index contributed by atoms with van der Waals surface area (Å²) in [5.74, 6) is -2.26. The first-order valence-corrected chi connectivity index (χ1v) is 1.84. The fourth-order valence-corrected chi connectivity index (χ4v) is 0.174. The van der Waals surface area contributed by atoms with Gasteiger partial charge in [-0.25, -0.2) is 4.79 Å². The second-order valence-corrected chi connectivity index (χ2v) is 1.09. The van der Waals surface area contributed by atoms with Gasteiger partial charge in [-0.3, -0.25) is 0 Å². The van der Waals surface area contributed by atoms with Crippen molar-refractivity contribution in [1.82, 2.24) is 0 Å². The van der Waals surface area contributed by atoms with Crippen molar-refractivity contribution in [3.05, 3.63) is 0 Å². The zero-order valence-electron chi connectivity index (χ0n) is 3.45. The van der Waals surface area contributed by atoms with Crippen LogP contribution in [-0.4, -0.2) is 22.6 Å². The maximum Gasteiger partial charge on any atom is 0.489 e. The smallest absolute Gasteiger partial charge is 0.489 e. The quantitative estimate of drug-likeness (QED) is 0.449. The van der Waals surface area contributed by atoms with Crippen LogP contribution in [0.25, 0.3) is 0 Å². The van der Waals surface area contributed by atoms with Crippen LogP contribution in [-0.2, 0) is 9.22 Å². The topological polar surface area (TPSA) is 26.3 Å². The molecule has 0 amide bonds. The third-order valence-corrected chi connectivity index (χ3v) is 0.510. The molecule has 2 nitrogen and oxygen atoms in total. The molecular weight excluding hydrogens is 141 g/mol. The van der Waals surface area contributed by atoms with E-state index >= 15 is 0 Å². The summed E-state index contributed by atoms with van der Waals surface area (Å²) in [6.45, 7) is 0. The summed E-state index contributed by atoms with van der Waals surface area (Å²) in [4.78, 5) is 9.44. The molecule has 0 N–H and O–H groups in total. The van der Waals surface area contributed by atoms with Gasteiger partial charge in [0.15, 0.2) is 0 Å². The number of hydrogen-bond donors (Lipinski definition) is 0. The van der Waals surface area contributed by atoms with E-state index in [9.17, 15) is 18.0 Å². The second kappa shape index (κ2) is 2.16. The molecular formula is C2F3O2Si. The molecule has 0 fully saturated rings. The largest absolute Gasteiger partial charge is 0.509 e. The Kier molecular flexibility index (Phi) is 2.02. The van der Waals surface area contributed by atoms with E-state index < -0.39 is 12.1 Å². The number of alkyl halides is 3. The molecule has 0 atom stereocenters. The Balaban J connectivity index is 3.82. The van der Waals surface area contributed by atoms with Gasteiger partial charge in [-0.15, -0.1) is 0 Å². The van der Waals surface area contributed by atoms with Crippen molar-refractivity contribution in [2.24, 2.45) is 0 Å². The highest BCUT2D eigenvalue weighted by Gasteiger charge is 2.39. The zero-order valence-corrected chi connectivity index (χ0v) is 4.45. The van der Waals surface area contributed by atoms with Crippen LogP contribution >= 0.6 is 0 Å². The molecule has 0 aromatic heterocycles. The summed E-state index contributed by atoms with van der Waals surface area (Å²) in [5, 5.41) is 0. The van der Waals surface area contributed by atoms with E-state index in [0.29, 0.717) is 0 Å². The minimum absolute atomic E-state index is 1.93. The Morgan fingerprint density at radius 1 is 1.50 bits per heavy atom. The van der Waals surface area contributed by atoms with Gasteiger partial charge in [0.05, 0.1) is 0 Å². The van der Waals surface area contributed by atoms with E-state index in [4.69, 9.17) is 0 Å². The van der Waals surface area contributed by atoms with Crippen molar-refractivity contribution >= 4 is 16.5 Å². The monoisotopic (exact) mass is 141 g/mol. The van der Waals surface area contributed by atoms with Crippen LogP contribution in [0.2, 0.25) is 0 Å². The Labute approximate surface area is 46.2 Å². The fourth-order valence-electron chi connectivity index (χ4n) is 0.0579. The standard InChI is InChI=1S/C2F3O2Si/c3-2(4,5)1(6)7-8. The molecule has 6 heteroatoms. The number of rotatable bonds is 0. The van der Waals surface area contributed by atoms with Crippen molar-refractivity contribution < 1.29 is 22.4 Å². The van der Waals surface area contributed by atoms with E-state index in [1.807, 2.05) is 10.5 Å². The lowest BCUT2D eigenvalue weighted by Gasteiger charge is -2.00. The Morgan fingerprint density at radius 2 is 1.88 bits per heavy atom. The molecule has 0 saturated carbocycles. The Bertz CT molecular complexity index is 97.9. The highest BCUT2D eigenvalue weighted by Crippen LogP contribution is 2.15. The summed E-state index contributed by atoms with van der Waals surface area (Å²) in [7, 11) is 1.93. The molecule has 0 aromatic rings. The lowest BCUT2D eigenvalue weighted by atomic mass is 10.7. The van der Waals surface area contributed by atoms with Gasteiger partial charge in [-0.1, -0.05) is 0 Å². The molecule has 3 radical (unpaired) electrons. The van der Waals surface area contributed by atoms with E-state index in [-0.39, 0.29) is 0 Å². The van der Waals surface area contributed by atoms with Gasteiger partial charge in [-0.2, -0.15) is 13.2 Å². The number of hydrogen-bond acceptors (Lipinski definition) is 2. The van der Waals surface area contributed by atoms with Gasteiger partial charge in [0.2, 0.25) is 0 Å². The van der Waals surface area contributed by atoms with Gasteiger partial charge >= 0.3 is 22.6 Å². The molecule has 0 unspecified atom stereocenters. The average molecular weight is 141 g/mol. The Morgan fingerprint density at radius 3 is 1.88 bits per heavy atom. The first kappa shape index (κ1) is 7.48. The number of carbonyl (C=O) groups excluding carboxylic acids is 1. The van der Waals surface area contributed by atoms with Crippen molar-refractivity contribution in [3.8, 4) is 0 Å². The predicted molar refractivity (Wildman–Crippen MR) is 17.9 cm³/mol. The van der Waals surface area contributed by atoms with Gasteiger partial charge < -0.3 is 4.43 Å². The second-order valence-electron chi connectivity index (χ2n) is 0.887. The minimum atomic E-state index is -4.90. The van der Waals surface area contributed by atoms with E-state index in [0.717, 1.165) is 0 Å². The third kappa shape index (κ3) is 1.96. The van der Waals surface area contributed by atoms with Gasteiger partial charge in [0, 0.05) is 0 Å². The van der Waals surface area contributed by atoms with Crippen molar-refractivity contribution in [2.45, 2.75) is 6.18 Å². The SMILES string of the molecule is O=C(O[Si])C(F)(F)F. The molecule has 8 heavy (non-hydrogen) atoms. The lowest BCUT2D eigenvalue weighted by molar-refractivity contribution is -0.189. The van der Waals surface area contributed by atoms with E-state index in [1.165, 1.54) is 0 Å². The van der Waals surface area contributed by atoms with Crippen LogP contribution in [0.3, 0.4) is 0 Å². The fraction of sp³-hybridized carbons (Fsp3) is 0.500. The maximum absolute atomic E-state index is 10.9. The van der Waals surface area contributed by atoms with Crippen LogP contribution < -0.4 is 0 Å². The van der Waals surface area contributed by atoms with Crippen LogP contribution in [0, 0.1) is 0 Å². The lowest BCUT2D eigenvalue weighted by Crippen LogP contribution is -2.24. The summed E-state index contributed by atoms with van der Waals surface area (Å²) in [5.41, 5.74) is 0. The molecule has 0 spiro atoms. The highest BCUT2D eigenvalue weighted by atomic mass is 28.2. The van der Waals surface area contributed by atoms with E-state index in [2.05, 4.69) is 4.43 Å². The molecule has 0 aliphatic carbocycles. The van der Waals surface area contributed by atoms with Crippen molar-refractivity contribution in [2.75, 3.05) is 0 Å². The van der Waals surface area contributed by atoms with Crippen LogP contribution in [0.5, 0.6) is 0 Å². The molecule has 0 aliphatic heterocycles. The summed E-state index contributed by atoms with van der Waals surface area (Å²) < 4.78 is 36.0. The number of halogens is 3. The summed E-state index contributed by atoms with van der Waals surface area (Å²) in [6.07, 6.45) is -4.90. The first-order chi connectivity index (χ1) is 3.48. The molecule has 0 aliphatic rings. The van der Waals surface area contributed by atoms with Gasteiger partial charge in [0.25, 0.3) is 0 Å². The number of carbonyl (C=O) groups is 1. The molecule has 0 aromatic carbocycles. The predicted octanol–water partition coefficient (Wildman–Crippen LogP) is 0.175. The maximum atomic E-state index is 10.9. The summed E-state index contributed by atoms with van der Waals surface area (Å²) in [6, 6.07) is 0. The van der Waals surface area contributed by atoms with Crippen molar-refractivity contribution in [1.29, 1.82) is 0 Å². The highest BCUT2D eigenvalue weighted by molar-refractivity contribution is 6.06. The van der Waals surface area contributed by atoms with Crippen LogP contribution in [0.1, 0.15) is 0 Å². The molecule has 0 bridgehead atoms. The normalized spacial score (nSPS) is 11.0. The molecule has 45 valence electrons. The molecule has 0 heterocycles. The molecule has 0 rings (SSSR count). The van der Waals surface area contributed by atoms with Crippen LogP contribution in [0.4, 0.5) is 13.2 Å². The van der Waals surface area contributed by atoms with Gasteiger partial charge in [-0.05, 0) is 0 Å². The summed E-state index contributed by atoms with van der Waals surface area (Å²) >= 11 is 0. The molecule has 0 saturated heterocycles. The average Bonchev–Trinajstić information content (AvgIpc) is 1.62.